The molecule has 25 heavy (non-hydrogen) atoms. The van der Waals surface area contributed by atoms with E-state index in [1.54, 1.807) is 12.1 Å². The van der Waals surface area contributed by atoms with Crippen molar-refractivity contribution in [2.24, 2.45) is 0 Å². The lowest BCUT2D eigenvalue weighted by molar-refractivity contribution is 0.0854. The van der Waals surface area contributed by atoms with E-state index in [1.165, 1.54) is 0 Å². The Morgan fingerprint density at radius 2 is 1.96 bits per heavy atom. The van der Waals surface area contributed by atoms with Gasteiger partial charge in [0.2, 0.25) is 0 Å². The van der Waals surface area contributed by atoms with Crippen molar-refractivity contribution in [3.05, 3.63) is 52.9 Å². The lowest BCUT2D eigenvalue weighted by Gasteiger charge is -2.26. The van der Waals surface area contributed by atoms with E-state index >= 15 is 0 Å². The summed E-state index contributed by atoms with van der Waals surface area (Å²) in [6, 6.07) is 9.35. The Kier molecular flexibility index (Phi) is 4.32. The Hall–Kier alpha value is -2.17. The number of halogens is 1. The molecule has 1 aliphatic heterocycles. The highest BCUT2D eigenvalue weighted by molar-refractivity contribution is 6.31. The monoisotopic (exact) mass is 354 g/mol. The fourth-order valence-electron chi connectivity index (χ4n) is 3.61. The number of benzene rings is 1. The number of hydrogen-bond acceptors (Lipinski definition) is 4. The average Bonchev–Trinajstić information content (AvgIpc) is 2.61. The summed E-state index contributed by atoms with van der Waals surface area (Å²) in [7, 11) is 0. The number of hydrogen-bond donors (Lipinski definition) is 1. The first-order valence-corrected chi connectivity index (χ1v) is 8.84. The predicted molar refractivity (Wildman–Crippen MR) is 99.2 cm³/mol. The van der Waals surface area contributed by atoms with Crippen LogP contribution in [0.5, 0.6) is 5.75 Å². The van der Waals surface area contributed by atoms with Crippen LogP contribution in [-0.4, -0.2) is 28.3 Å². The summed E-state index contributed by atoms with van der Waals surface area (Å²) in [6.45, 7) is 3.46. The highest BCUT2D eigenvalue weighted by atomic mass is 35.5. The van der Waals surface area contributed by atoms with Gasteiger partial charge in [0, 0.05) is 42.1 Å². The average molecular weight is 355 g/mol. The quantitative estimate of drug-likeness (QED) is 0.668. The minimum Gasteiger partial charge on any atom is -0.508 e. The van der Waals surface area contributed by atoms with Gasteiger partial charge in [-0.2, -0.15) is 0 Å². The molecule has 0 bridgehead atoms. The Morgan fingerprint density at radius 1 is 1.16 bits per heavy atom. The molecule has 0 spiro atoms. The summed E-state index contributed by atoms with van der Waals surface area (Å²) in [4.78, 5) is 8.88. The summed E-state index contributed by atoms with van der Waals surface area (Å²) in [5, 5.41) is 11.3. The van der Waals surface area contributed by atoms with Crippen molar-refractivity contribution in [2.75, 3.05) is 13.2 Å². The molecule has 4 nitrogen and oxygen atoms in total. The van der Waals surface area contributed by atoms with Gasteiger partial charge in [0.25, 0.3) is 0 Å². The lowest BCUT2D eigenvalue weighted by Crippen LogP contribution is -2.16. The fraction of sp³-hybridized carbons (Fsp3) is 0.300. The molecule has 3 aromatic rings. The zero-order valence-corrected chi connectivity index (χ0v) is 14.8. The normalized spacial score (nSPS) is 15.6. The molecular formula is C20H19ClN2O2. The van der Waals surface area contributed by atoms with Crippen molar-refractivity contribution in [1.82, 2.24) is 9.97 Å². The van der Waals surface area contributed by atoms with E-state index in [4.69, 9.17) is 16.3 Å². The van der Waals surface area contributed by atoms with Gasteiger partial charge in [0.1, 0.15) is 10.9 Å². The van der Waals surface area contributed by atoms with E-state index in [0.717, 1.165) is 53.8 Å². The van der Waals surface area contributed by atoms with Crippen molar-refractivity contribution in [3.63, 3.8) is 0 Å². The molecule has 1 N–H and O–H groups in total. The van der Waals surface area contributed by atoms with Gasteiger partial charge >= 0.3 is 0 Å². The smallest absolute Gasteiger partial charge is 0.133 e. The molecule has 0 amide bonds. The number of nitrogens with zero attached hydrogens (tertiary/aromatic N) is 2. The zero-order chi connectivity index (χ0) is 17.4. The summed E-state index contributed by atoms with van der Waals surface area (Å²) in [5.41, 5.74) is 4.90. The molecule has 3 heterocycles. The van der Waals surface area contributed by atoms with Gasteiger partial charge in [0.05, 0.1) is 5.52 Å². The number of ether oxygens (including phenoxy) is 1. The van der Waals surface area contributed by atoms with Crippen molar-refractivity contribution in [3.8, 4) is 16.9 Å². The third-order valence-corrected chi connectivity index (χ3v) is 5.06. The lowest BCUT2D eigenvalue weighted by atomic mass is 9.85. The number of aryl methyl sites for hydroxylation is 1. The Bertz CT molecular complexity index is 936. The molecule has 2 aromatic heterocycles. The number of pyridine rings is 2. The van der Waals surface area contributed by atoms with E-state index in [9.17, 15) is 5.11 Å². The van der Waals surface area contributed by atoms with E-state index in [1.807, 2.05) is 25.3 Å². The highest BCUT2D eigenvalue weighted by Crippen LogP contribution is 2.42. The second-order valence-corrected chi connectivity index (χ2v) is 6.82. The summed E-state index contributed by atoms with van der Waals surface area (Å²) < 4.78 is 5.52. The van der Waals surface area contributed by atoms with Gasteiger partial charge in [0.15, 0.2) is 0 Å². The molecule has 0 aliphatic carbocycles. The van der Waals surface area contributed by atoms with Gasteiger partial charge in [-0.1, -0.05) is 11.6 Å². The Labute approximate surface area is 151 Å². The van der Waals surface area contributed by atoms with E-state index in [-0.39, 0.29) is 5.75 Å². The Morgan fingerprint density at radius 3 is 2.72 bits per heavy atom. The molecule has 128 valence electrons. The van der Waals surface area contributed by atoms with Crippen LogP contribution in [0.25, 0.3) is 22.0 Å². The van der Waals surface area contributed by atoms with Crippen molar-refractivity contribution in [2.45, 2.75) is 25.7 Å². The van der Waals surface area contributed by atoms with Crippen LogP contribution in [0.3, 0.4) is 0 Å². The van der Waals surface area contributed by atoms with E-state index in [2.05, 4.69) is 16.0 Å². The first kappa shape index (κ1) is 16.3. The molecule has 5 heteroatoms. The highest BCUT2D eigenvalue weighted by Gasteiger charge is 2.25. The summed E-state index contributed by atoms with van der Waals surface area (Å²) >= 11 is 6.63. The van der Waals surface area contributed by atoms with Crippen molar-refractivity contribution >= 4 is 22.5 Å². The van der Waals surface area contributed by atoms with Gasteiger partial charge in [-0.25, -0.2) is 4.98 Å². The SMILES string of the molecule is Cc1cc(-c2c(C3CCOCC3)c(Cl)nc3cc(O)ccc23)ccn1. The summed E-state index contributed by atoms with van der Waals surface area (Å²) in [5.74, 6) is 0.502. The standard InChI is InChI=1S/C20H19ClN2O2/c1-12-10-14(4-7-22-12)18-16-3-2-15(24)11-17(16)23-20(21)19(18)13-5-8-25-9-6-13/h2-4,7,10-11,13,24H,5-6,8-9H2,1H3. The van der Waals surface area contributed by atoms with E-state index in [0.29, 0.717) is 16.6 Å². The number of phenolic OH excluding ortho intramolecular Hbond substituents is 1. The van der Waals surface area contributed by atoms with Crippen LogP contribution in [0.4, 0.5) is 0 Å². The molecule has 0 atom stereocenters. The molecule has 0 saturated carbocycles. The second-order valence-electron chi connectivity index (χ2n) is 6.47. The zero-order valence-electron chi connectivity index (χ0n) is 14.0. The predicted octanol–water partition coefficient (Wildman–Crippen LogP) is 4.86. The van der Waals surface area contributed by atoms with Crippen molar-refractivity contribution < 1.29 is 9.84 Å². The van der Waals surface area contributed by atoms with E-state index < -0.39 is 0 Å². The van der Waals surface area contributed by atoms with Crippen LogP contribution < -0.4 is 0 Å². The topological polar surface area (TPSA) is 55.2 Å². The Balaban J connectivity index is 2.03. The first-order chi connectivity index (χ1) is 12.1. The van der Waals surface area contributed by atoms with Crippen LogP contribution in [0, 0.1) is 6.92 Å². The molecule has 1 fully saturated rings. The van der Waals surface area contributed by atoms with Crippen LogP contribution in [0.1, 0.15) is 30.0 Å². The maximum Gasteiger partial charge on any atom is 0.133 e. The first-order valence-electron chi connectivity index (χ1n) is 8.46. The molecule has 0 radical (unpaired) electrons. The molecule has 1 aliphatic rings. The van der Waals surface area contributed by atoms with Gasteiger partial charge < -0.3 is 9.84 Å². The second kappa shape index (κ2) is 6.62. The fourth-order valence-corrected chi connectivity index (χ4v) is 3.95. The van der Waals surface area contributed by atoms with Gasteiger partial charge in [-0.15, -0.1) is 0 Å². The number of phenols is 1. The molecule has 0 unspecified atom stereocenters. The maximum absolute atomic E-state index is 9.84. The molecule has 1 saturated heterocycles. The van der Waals surface area contributed by atoms with Crippen LogP contribution in [0.2, 0.25) is 5.15 Å². The number of rotatable bonds is 2. The number of fused-ring (bicyclic) bond motifs is 1. The number of aromatic nitrogens is 2. The molecule has 1 aromatic carbocycles. The largest absolute Gasteiger partial charge is 0.508 e. The minimum absolute atomic E-state index is 0.187. The van der Waals surface area contributed by atoms with Gasteiger partial charge in [-0.05, 0) is 61.1 Å². The van der Waals surface area contributed by atoms with Crippen molar-refractivity contribution in [1.29, 1.82) is 0 Å². The van der Waals surface area contributed by atoms with Crippen LogP contribution in [-0.2, 0) is 4.74 Å². The third kappa shape index (κ3) is 3.08. The molecular weight excluding hydrogens is 336 g/mol. The number of aromatic hydroxyl groups is 1. The van der Waals surface area contributed by atoms with Gasteiger partial charge in [-0.3, -0.25) is 4.98 Å². The van der Waals surface area contributed by atoms with Crippen LogP contribution in [0.15, 0.2) is 36.5 Å². The minimum atomic E-state index is 0.187. The van der Waals surface area contributed by atoms with Crippen LogP contribution >= 0.6 is 11.6 Å². The summed E-state index contributed by atoms with van der Waals surface area (Å²) in [6.07, 6.45) is 3.68. The molecule has 4 rings (SSSR count). The maximum atomic E-state index is 9.84. The third-order valence-electron chi connectivity index (χ3n) is 4.78.